The number of hydrogen-bond donors (Lipinski definition) is 3. The summed E-state index contributed by atoms with van der Waals surface area (Å²) in [6, 6.07) is 14.9. The van der Waals surface area contributed by atoms with E-state index in [0.29, 0.717) is 16.9 Å². The van der Waals surface area contributed by atoms with Crippen LogP contribution in [0.3, 0.4) is 0 Å². The average molecular weight is 473 g/mol. The monoisotopic (exact) mass is 473 g/mol. The maximum atomic E-state index is 12.9. The van der Waals surface area contributed by atoms with E-state index < -0.39 is 35.6 Å². The van der Waals surface area contributed by atoms with Gasteiger partial charge in [-0.15, -0.1) is 0 Å². The lowest BCUT2D eigenvalue weighted by atomic mass is 10.0. The Morgan fingerprint density at radius 2 is 1.74 bits per heavy atom. The quantitative estimate of drug-likeness (QED) is 0.284. The largest absolute Gasteiger partial charge is 0.459 e. The SMILES string of the molecule is Cc1ccccc1N1C(=O)NC(=O)[C@H](/C=N\NC(=O)c2ccc(NC(=O)c3ccco3)cc2)C1=O. The maximum absolute atomic E-state index is 12.9. The molecule has 0 bridgehead atoms. The van der Waals surface area contributed by atoms with Crippen LogP contribution in [0, 0.1) is 12.8 Å². The van der Waals surface area contributed by atoms with Crippen LogP contribution in [-0.2, 0) is 9.59 Å². The molecule has 1 fully saturated rings. The third kappa shape index (κ3) is 4.98. The molecule has 0 aliphatic carbocycles. The molecule has 0 spiro atoms. The second kappa shape index (κ2) is 9.83. The number of para-hydroxylation sites is 1. The van der Waals surface area contributed by atoms with E-state index in [4.69, 9.17) is 4.42 Å². The number of hydrogen-bond acceptors (Lipinski definition) is 7. The maximum Gasteiger partial charge on any atom is 0.335 e. The van der Waals surface area contributed by atoms with Gasteiger partial charge < -0.3 is 9.73 Å². The molecule has 1 aliphatic rings. The Balaban J connectivity index is 1.39. The number of amides is 6. The van der Waals surface area contributed by atoms with Crippen molar-refractivity contribution < 1.29 is 28.4 Å². The minimum atomic E-state index is -1.41. The Morgan fingerprint density at radius 1 is 1.00 bits per heavy atom. The average Bonchev–Trinajstić information content (AvgIpc) is 3.38. The number of barbiturate groups is 1. The molecule has 0 unspecified atom stereocenters. The molecule has 35 heavy (non-hydrogen) atoms. The highest BCUT2D eigenvalue weighted by atomic mass is 16.3. The molecule has 3 N–H and O–H groups in total. The molecule has 11 nitrogen and oxygen atoms in total. The Kier molecular flexibility index (Phi) is 6.49. The number of anilines is 2. The van der Waals surface area contributed by atoms with Gasteiger partial charge in [-0.25, -0.2) is 15.1 Å². The van der Waals surface area contributed by atoms with Crippen molar-refractivity contribution in [2.24, 2.45) is 11.0 Å². The summed E-state index contributed by atoms with van der Waals surface area (Å²) in [6.45, 7) is 1.73. The zero-order chi connectivity index (χ0) is 24.9. The number of urea groups is 1. The van der Waals surface area contributed by atoms with E-state index >= 15 is 0 Å². The lowest BCUT2D eigenvalue weighted by Gasteiger charge is -2.29. The van der Waals surface area contributed by atoms with Gasteiger partial charge >= 0.3 is 6.03 Å². The first-order chi connectivity index (χ1) is 16.8. The van der Waals surface area contributed by atoms with Crippen molar-refractivity contribution in [2.45, 2.75) is 6.92 Å². The number of imide groups is 2. The van der Waals surface area contributed by atoms with Gasteiger partial charge in [0, 0.05) is 17.5 Å². The van der Waals surface area contributed by atoms with Crippen molar-refractivity contribution in [1.29, 1.82) is 0 Å². The van der Waals surface area contributed by atoms with Crippen LogP contribution < -0.4 is 21.0 Å². The highest BCUT2D eigenvalue weighted by molar-refractivity contribution is 6.32. The molecule has 0 saturated carbocycles. The number of furan rings is 1. The molecule has 1 saturated heterocycles. The van der Waals surface area contributed by atoms with Gasteiger partial charge in [0.25, 0.3) is 17.7 Å². The lowest BCUT2D eigenvalue weighted by molar-refractivity contribution is -0.131. The molecule has 1 atom stereocenters. The summed E-state index contributed by atoms with van der Waals surface area (Å²) in [5, 5.41) is 8.47. The van der Waals surface area contributed by atoms with Crippen molar-refractivity contribution >= 4 is 47.2 Å². The van der Waals surface area contributed by atoms with Gasteiger partial charge in [-0.05, 0) is 55.0 Å². The molecule has 11 heteroatoms. The Morgan fingerprint density at radius 3 is 2.43 bits per heavy atom. The number of rotatable bonds is 6. The number of carbonyl (C=O) groups excluding carboxylic acids is 5. The fourth-order valence-corrected chi connectivity index (χ4v) is 3.30. The second-order valence-corrected chi connectivity index (χ2v) is 7.46. The van der Waals surface area contributed by atoms with Crippen molar-refractivity contribution in [1.82, 2.24) is 10.7 Å². The van der Waals surface area contributed by atoms with Gasteiger partial charge in [-0.1, -0.05) is 18.2 Å². The summed E-state index contributed by atoms with van der Waals surface area (Å²) in [6.07, 6.45) is 2.34. The molecule has 4 rings (SSSR count). The highest BCUT2D eigenvalue weighted by Crippen LogP contribution is 2.23. The summed E-state index contributed by atoms with van der Waals surface area (Å²) >= 11 is 0. The predicted octanol–water partition coefficient (Wildman–Crippen LogP) is 2.46. The van der Waals surface area contributed by atoms with Crippen molar-refractivity contribution in [3.05, 3.63) is 83.8 Å². The molecule has 3 aromatic rings. The van der Waals surface area contributed by atoms with Crippen LogP contribution in [0.2, 0.25) is 0 Å². The Labute approximate surface area is 198 Å². The van der Waals surface area contributed by atoms with Gasteiger partial charge in [0.1, 0.15) is 0 Å². The topological polar surface area (TPSA) is 150 Å². The first kappa shape index (κ1) is 23.1. The van der Waals surface area contributed by atoms with Gasteiger partial charge in [0.15, 0.2) is 11.7 Å². The van der Waals surface area contributed by atoms with Crippen molar-refractivity contribution in [2.75, 3.05) is 10.2 Å². The van der Waals surface area contributed by atoms with Crippen LogP contribution in [0.15, 0.2) is 76.4 Å². The molecule has 6 amide bonds. The van der Waals surface area contributed by atoms with Gasteiger partial charge in [-0.2, -0.15) is 5.10 Å². The molecule has 0 radical (unpaired) electrons. The molecule has 2 aromatic carbocycles. The van der Waals surface area contributed by atoms with Gasteiger partial charge in [-0.3, -0.25) is 24.5 Å². The number of hydrazone groups is 1. The highest BCUT2D eigenvalue weighted by Gasteiger charge is 2.41. The van der Waals surface area contributed by atoms with E-state index in [2.05, 4.69) is 21.2 Å². The summed E-state index contributed by atoms with van der Waals surface area (Å²) in [5.41, 5.74) is 3.90. The normalized spacial score (nSPS) is 15.7. The number of benzene rings is 2. The lowest BCUT2D eigenvalue weighted by Crippen LogP contribution is -2.59. The number of carbonyl (C=O) groups is 5. The second-order valence-electron chi connectivity index (χ2n) is 7.46. The Bertz CT molecular complexity index is 1330. The fourth-order valence-electron chi connectivity index (χ4n) is 3.30. The van der Waals surface area contributed by atoms with Crippen molar-refractivity contribution in [3.63, 3.8) is 0 Å². The van der Waals surface area contributed by atoms with Crippen LogP contribution in [0.5, 0.6) is 0 Å². The van der Waals surface area contributed by atoms with Crippen LogP contribution in [0.1, 0.15) is 26.5 Å². The molecule has 2 heterocycles. The summed E-state index contributed by atoms with van der Waals surface area (Å²) < 4.78 is 5.02. The van der Waals surface area contributed by atoms with E-state index in [9.17, 15) is 24.0 Å². The first-order valence-corrected chi connectivity index (χ1v) is 10.4. The van der Waals surface area contributed by atoms with E-state index in [0.717, 1.165) is 11.1 Å². The molecule has 1 aromatic heterocycles. The smallest absolute Gasteiger partial charge is 0.335 e. The summed E-state index contributed by atoms with van der Waals surface area (Å²) in [7, 11) is 0. The third-order valence-corrected chi connectivity index (χ3v) is 5.10. The minimum Gasteiger partial charge on any atom is -0.459 e. The number of nitrogens with one attached hydrogen (secondary N) is 3. The molecular weight excluding hydrogens is 454 g/mol. The predicted molar refractivity (Wildman–Crippen MR) is 125 cm³/mol. The van der Waals surface area contributed by atoms with E-state index in [1.54, 1.807) is 37.3 Å². The van der Waals surface area contributed by atoms with E-state index in [1.165, 1.54) is 36.6 Å². The first-order valence-electron chi connectivity index (χ1n) is 10.4. The van der Waals surface area contributed by atoms with Crippen molar-refractivity contribution in [3.8, 4) is 0 Å². The number of nitrogens with zero attached hydrogens (tertiary/aromatic N) is 2. The molecule has 1 aliphatic heterocycles. The minimum absolute atomic E-state index is 0.144. The fraction of sp³-hybridized carbons (Fsp3) is 0.0833. The van der Waals surface area contributed by atoms with Gasteiger partial charge in [0.2, 0.25) is 5.91 Å². The summed E-state index contributed by atoms with van der Waals surface area (Å²) in [5.74, 6) is -3.95. The Hall–Kier alpha value is -5.06. The van der Waals surface area contributed by atoms with E-state index in [1.807, 2.05) is 0 Å². The standard InChI is InChI=1S/C24H19N5O6/c1-14-5-2-3-6-18(14)29-23(33)17(21(31)27-24(29)34)13-25-28-20(30)15-8-10-16(11-9-15)26-22(32)19-7-4-12-35-19/h2-13,17H,1H3,(H,26,32)(H,28,30)(H,27,31,34)/b25-13-/t17-/m0/s1. The van der Waals surface area contributed by atoms with Gasteiger partial charge in [0.05, 0.1) is 12.0 Å². The molecule has 176 valence electrons. The van der Waals surface area contributed by atoms with Crippen LogP contribution in [0.25, 0.3) is 0 Å². The molecular formula is C24H19N5O6. The van der Waals surface area contributed by atoms with E-state index in [-0.39, 0.29) is 11.3 Å². The number of aryl methyl sites for hydroxylation is 1. The van der Waals surface area contributed by atoms with Crippen LogP contribution >= 0.6 is 0 Å². The van der Waals surface area contributed by atoms with Crippen LogP contribution in [-0.4, -0.2) is 35.9 Å². The summed E-state index contributed by atoms with van der Waals surface area (Å²) in [4.78, 5) is 62.6. The van der Waals surface area contributed by atoms with Crippen LogP contribution in [0.4, 0.5) is 16.2 Å². The third-order valence-electron chi connectivity index (χ3n) is 5.10. The zero-order valence-corrected chi connectivity index (χ0v) is 18.3. The zero-order valence-electron chi connectivity index (χ0n) is 18.3.